The molecule has 1 aromatic heterocycles. The van der Waals surface area contributed by atoms with Crippen LogP contribution in [0.25, 0.3) is 0 Å². The summed E-state index contributed by atoms with van der Waals surface area (Å²) >= 11 is 1.53. The van der Waals surface area contributed by atoms with Crippen molar-refractivity contribution in [2.45, 2.75) is 12.7 Å². The van der Waals surface area contributed by atoms with E-state index in [1.807, 2.05) is 58.8 Å². The normalized spacial score (nSPS) is 15.7. The number of ether oxygens (including phenoxy) is 1. The molecule has 1 unspecified atom stereocenters. The number of carbonyl (C=O) groups is 1. The van der Waals surface area contributed by atoms with Crippen molar-refractivity contribution in [3.8, 4) is 5.75 Å². The van der Waals surface area contributed by atoms with Gasteiger partial charge in [0.15, 0.2) is 0 Å². The lowest BCUT2D eigenvalue weighted by Crippen LogP contribution is -2.49. The fourth-order valence-electron chi connectivity index (χ4n) is 3.53. The van der Waals surface area contributed by atoms with Gasteiger partial charge >= 0.3 is 0 Å². The molecule has 2 aromatic carbocycles. The van der Waals surface area contributed by atoms with Crippen LogP contribution in [0.5, 0.6) is 5.75 Å². The van der Waals surface area contributed by atoms with Crippen molar-refractivity contribution in [3.05, 3.63) is 82.3 Å². The number of hydrogen-bond donors (Lipinski definition) is 1. The van der Waals surface area contributed by atoms with Crippen LogP contribution < -0.4 is 4.74 Å². The molecule has 0 aliphatic carbocycles. The molecule has 0 radical (unpaired) electrons. The third-order valence-electron chi connectivity index (χ3n) is 5.23. The number of aromatic nitrogens is 1. The van der Waals surface area contributed by atoms with E-state index in [0.717, 1.165) is 24.3 Å². The highest BCUT2D eigenvalue weighted by molar-refractivity contribution is 7.07. The van der Waals surface area contributed by atoms with Gasteiger partial charge in [0.1, 0.15) is 12.4 Å². The fourth-order valence-corrected chi connectivity index (χ4v) is 4.07. The maximum absolute atomic E-state index is 12.9. The largest absolute Gasteiger partial charge is 0.487 e. The van der Waals surface area contributed by atoms with Crippen LogP contribution in [0, 0.1) is 0 Å². The molecule has 0 bridgehead atoms. The van der Waals surface area contributed by atoms with Gasteiger partial charge in [-0.3, -0.25) is 9.69 Å². The first-order valence-electron chi connectivity index (χ1n) is 10.0. The molecule has 1 N–H and O–H groups in total. The predicted octanol–water partition coefficient (Wildman–Crippen LogP) is 3.21. The van der Waals surface area contributed by atoms with Crippen LogP contribution in [-0.2, 0) is 6.61 Å². The van der Waals surface area contributed by atoms with E-state index in [1.165, 1.54) is 11.3 Å². The second-order valence-electron chi connectivity index (χ2n) is 7.32. The van der Waals surface area contributed by atoms with Crippen molar-refractivity contribution in [1.29, 1.82) is 0 Å². The van der Waals surface area contributed by atoms with Crippen molar-refractivity contribution in [1.82, 2.24) is 14.8 Å². The third kappa shape index (κ3) is 5.24. The number of benzene rings is 2. The zero-order valence-electron chi connectivity index (χ0n) is 16.7. The second-order valence-corrected chi connectivity index (χ2v) is 8.03. The Morgan fingerprint density at radius 1 is 1.10 bits per heavy atom. The molecule has 1 atom stereocenters. The van der Waals surface area contributed by atoms with Gasteiger partial charge in [0.25, 0.3) is 5.91 Å². The molecule has 0 saturated carbocycles. The number of carbonyl (C=O) groups excluding carboxylic acids is 1. The SMILES string of the molecule is O=C(c1cccc(OCc2cscn2)c1)N1CCN(CC(O)c2ccccc2)CC1. The Hall–Kier alpha value is -2.74. The summed E-state index contributed by atoms with van der Waals surface area (Å²) < 4.78 is 5.77. The van der Waals surface area contributed by atoms with Crippen LogP contribution in [0.1, 0.15) is 27.7 Å². The molecule has 156 valence electrons. The van der Waals surface area contributed by atoms with Gasteiger partial charge in [-0.1, -0.05) is 36.4 Å². The number of aliphatic hydroxyl groups is 1. The first-order valence-corrected chi connectivity index (χ1v) is 11.0. The second kappa shape index (κ2) is 9.84. The molecule has 6 nitrogen and oxygen atoms in total. The maximum atomic E-state index is 12.9. The number of piperazine rings is 1. The molecule has 1 saturated heterocycles. The topological polar surface area (TPSA) is 65.9 Å². The van der Waals surface area contributed by atoms with Gasteiger partial charge in [0.2, 0.25) is 0 Å². The van der Waals surface area contributed by atoms with E-state index < -0.39 is 6.10 Å². The summed E-state index contributed by atoms with van der Waals surface area (Å²) in [7, 11) is 0. The van der Waals surface area contributed by atoms with E-state index in [-0.39, 0.29) is 5.91 Å². The summed E-state index contributed by atoms with van der Waals surface area (Å²) in [6.07, 6.45) is -0.514. The Morgan fingerprint density at radius 2 is 1.90 bits per heavy atom. The molecule has 4 rings (SSSR count). The lowest BCUT2D eigenvalue weighted by molar-refractivity contribution is 0.0527. The summed E-state index contributed by atoms with van der Waals surface area (Å²) in [4.78, 5) is 21.2. The number of nitrogens with zero attached hydrogens (tertiary/aromatic N) is 3. The summed E-state index contributed by atoms with van der Waals surface area (Å²) in [5, 5.41) is 12.4. The van der Waals surface area contributed by atoms with Gasteiger partial charge in [-0.2, -0.15) is 0 Å². The molecule has 3 aromatic rings. The van der Waals surface area contributed by atoms with Gasteiger partial charge in [-0.15, -0.1) is 11.3 Å². The zero-order chi connectivity index (χ0) is 20.8. The van der Waals surface area contributed by atoms with Crippen molar-refractivity contribution in [2.24, 2.45) is 0 Å². The molecule has 2 heterocycles. The summed E-state index contributed by atoms with van der Waals surface area (Å²) in [5.41, 5.74) is 4.21. The highest BCUT2D eigenvalue weighted by atomic mass is 32.1. The number of rotatable bonds is 7. The zero-order valence-corrected chi connectivity index (χ0v) is 17.5. The standard InChI is InChI=1S/C23H25N3O3S/c27-22(18-5-2-1-3-6-18)14-25-9-11-26(12-10-25)23(28)19-7-4-8-21(13-19)29-15-20-16-30-17-24-20/h1-8,13,16-17,22,27H,9-12,14-15H2. The van der Waals surface area contributed by atoms with E-state index in [9.17, 15) is 9.90 Å². The Labute approximate surface area is 180 Å². The van der Waals surface area contributed by atoms with Crippen LogP contribution in [0.4, 0.5) is 0 Å². The summed E-state index contributed by atoms with van der Waals surface area (Å²) in [5.74, 6) is 0.677. The lowest BCUT2D eigenvalue weighted by Gasteiger charge is -2.35. The number of hydrogen-bond acceptors (Lipinski definition) is 6. The minimum atomic E-state index is -0.514. The molecule has 0 spiro atoms. The monoisotopic (exact) mass is 423 g/mol. The van der Waals surface area contributed by atoms with E-state index >= 15 is 0 Å². The maximum Gasteiger partial charge on any atom is 0.254 e. The minimum absolute atomic E-state index is 0.0115. The van der Waals surface area contributed by atoms with E-state index in [1.54, 1.807) is 11.6 Å². The molecule has 1 aliphatic rings. The van der Waals surface area contributed by atoms with Gasteiger partial charge in [-0.25, -0.2) is 4.98 Å². The third-order valence-corrected chi connectivity index (χ3v) is 5.86. The van der Waals surface area contributed by atoms with Gasteiger partial charge in [0, 0.05) is 43.7 Å². The summed E-state index contributed by atoms with van der Waals surface area (Å²) in [6.45, 7) is 3.75. The lowest BCUT2D eigenvalue weighted by atomic mass is 10.1. The van der Waals surface area contributed by atoms with Gasteiger partial charge < -0.3 is 14.7 Å². The van der Waals surface area contributed by atoms with Crippen molar-refractivity contribution in [3.63, 3.8) is 0 Å². The average Bonchev–Trinajstić information content (AvgIpc) is 3.32. The molecule has 1 aliphatic heterocycles. The fraction of sp³-hybridized carbons (Fsp3) is 0.304. The van der Waals surface area contributed by atoms with Gasteiger partial charge in [-0.05, 0) is 23.8 Å². The first-order chi connectivity index (χ1) is 14.7. The van der Waals surface area contributed by atoms with Crippen LogP contribution in [0.2, 0.25) is 0 Å². The minimum Gasteiger partial charge on any atom is -0.487 e. The molecule has 7 heteroatoms. The van der Waals surface area contributed by atoms with Crippen LogP contribution in [-0.4, -0.2) is 58.5 Å². The summed E-state index contributed by atoms with van der Waals surface area (Å²) in [6, 6.07) is 17.0. The number of β-amino-alcohol motifs (C(OH)–C–C–N with tert-alkyl or cyclic N) is 1. The highest BCUT2D eigenvalue weighted by Crippen LogP contribution is 2.19. The highest BCUT2D eigenvalue weighted by Gasteiger charge is 2.24. The molecular formula is C23H25N3O3S. The molecule has 30 heavy (non-hydrogen) atoms. The van der Waals surface area contributed by atoms with Crippen molar-refractivity contribution < 1.29 is 14.6 Å². The van der Waals surface area contributed by atoms with Gasteiger partial charge in [0.05, 0.1) is 17.3 Å². The molecule has 1 fully saturated rings. The quantitative estimate of drug-likeness (QED) is 0.632. The number of amides is 1. The predicted molar refractivity (Wildman–Crippen MR) is 117 cm³/mol. The smallest absolute Gasteiger partial charge is 0.254 e. The van der Waals surface area contributed by atoms with Crippen LogP contribution in [0.15, 0.2) is 65.5 Å². The number of aliphatic hydroxyl groups excluding tert-OH is 1. The van der Waals surface area contributed by atoms with Crippen molar-refractivity contribution >= 4 is 17.2 Å². The Bertz CT molecular complexity index is 941. The molecule has 1 amide bonds. The first kappa shape index (κ1) is 20.5. The van der Waals surface area contributed by atoms with E-state index in [0.29, 0.717) is 37.6 Å². The number of thiazole rings is 1. The average molecular weight is 424 g/mol. The van der Waals surface area contributed by atoms with E-state index in [4.69, 9.17) is 4.74 Å². The Balaban J connectivity index is 1.29. The van der Waals surface area contributed by atoms with Crippen molar-refractivity contribution in [2.75, 3.05) is 32.7 Å². The van der Waals surface area contributed by atoms with E-state index in [2.05, 4.69) is 9.88 Å². The Morgan fingerprint density at radius 3 is 2.63 bits per heavy atom. The molecular weight excluding hydrogens is 398 g/mol. The Kier molecular flexibility index (Phi) is 6.74. The van der Waals surface area contributed by atoms with Crippen LogP contribution >= 0.6 is 11.3 Å². The van der Waals surface area contributed by atoms with Crippen LogP contribution in [0.3, 0.4) is 0 Å².